The van der Waals surface area contributed by atoms with Gasteiger partial charge in [-0.25, -0.2) is 4.79 Å². The first-order valence-electron chi connectivity index (χ1n) is 6.71. The van der Waals surface area contributed by atoms with Crippen molar-refractivity contribution in [3.8, 4) is 5.75 Å². The highest BCUT2D eigenvalue weighted by Gasteiger charge is 2.33. The summed E-state index contributed by atoms with van der Waals surface area (Å²) in [5, 5.41) is 18.8. The molecule has 0 unspecified atom stereocenters. The molecule has 2 aromatic rings. The first-order valence-corrected chi connectivity index (χ1v) is 7.94. The van der Waals surface area contributed by atoms with Crippen molar-refractivity contribution in [3.63, 3.8) is 0 Å². The van der Waals surface area contributed by atoms with Gasteiger partial charge in [-0.15, -0.1) is 0 Å². The SMILES string of the molecule is O=C(O)c1ccc(N2C(=O)/C(=C/c3cccnc3)SC2=S)cc1O. The predicted octanol–water partition coefficient (Wildman–Crippen LogP) is 2.89. The molecule has 0 bridgehead atoms. The summed E-state index contributed by atoms with van der Waals surface area (Å²) in [6, 6.07) is 7.45. The lowest BCUT2D eigenvalue weighted by Crippen LogP contribution is -2.27. The Morgan fingerprint density at radius 1 is 1.33 bits per heavy atom. The number of phenols is 1. The third-order valence-electron chi connectivity index (χ3n) is 3.25. The minimum absolute atomic E-state index is 0.241. The Morgan fingerprint density at radius 3 is 2.75 bits per heavy atom. The average Bonchev–Trinajstić information content (AvgIpc) is 2.82. The van der Waals surface area contributed by atoms with Gasteiger partial charge in [0.05, 0.1) is 10.6 Å². The number of aromatic nitrogens is 1. The van der Waals surface area contributed by atoms with Crippen LogP contribution in [-0.4, -0.2) is 31.4 Å². The van der Waals surface area contributed by atoms with Crippen LogP contribution >= 0.6 is 24.0 Å². The number of thiocarbonyl (C=S) groups is 1. The summed E-state index contributed by atoms with van der Waals surface area (Å²) in [6.45, 7) is 0. The van der Waals surface area contributed by atoms with Crippen LogP contribution in [-0.2, 0) is 4.79 Å². The van der Waals surface area contributed by atoms with E-state index in [4.69, 9.17) is 17.3 Å². The third kappa shape index (κ3) is 3.01. The van der Waals surface area contributed by atoms with Crippen LogP contribution in [0.5, 0.6) is 5.75 Å². The van der Waals surface area contributed by atoms with Crippen molar-refractivity contribution in [2.45, 2.75) is 0 Å². The van der Waals surface area contributed by atoms with E-state index in [9.17, 15) is 14.7 Å². The van der Waals surface area contributed by atoms with Crippen LogP contribution in [0.2, 0.25) is 0 Å². The third-order valence-corrected chi connectivity index (χ3v) is 4.55. The molecule has 24 heavy (non-hydrogen) atoms. The number of carbonyl (C=O) groups is 2. The molecule has 1 aromatic carbocycles. The van der Waals surface area contributed by atoms with Crippen molar-refractivity contribution in [2.75, 3.05) is 4.90 Å². The van der Waals surface area contributed by atoms with E-state index in [0.29, 0.717) is 14.9 Å². The van der Waals surface area contributed by atoms with Crippen molar-refractivity contribution < 1.29 is 19.8 Å². The summed E-state index contributed by atoms with van der Waals surface area (Å²) >= 11 is 6.37. The Labute approximate surface area is 146 Å². The van der Waals surface area contributed by atoms with Crippen molar-refractivity contribution >= 4 is 51.9 Å². The summed E-state index contributed by atoms with van der Waals surface area (Å²) in [6.07, 6.45) is 4.94. The summed E-state index contributed by atoms with van der Waals surface area (Å²) in [5.74, 6) is -2.01. The maximum absolute atomic E-state index is 12.6. The number of carbonyl (C=O) groups excluding carboxylic acids is 1. The van der Waals surface area contributed by atoms with Gasteiger partial charge in [-0.1, -0.05) is 30.0 Å². The number of aromatic carboxylic acids is 1. The number of hydrogen-bond acceptors (Lipinski definition) is 6. The lowest BCUT2D eigenvalue weighted by molar-refractivity contribution is -0.113. The average molecular weight is 358 g/mol. The van der Waals surface area contributed by atoms with Crippen LogP contribution in [0.4, 0.5) is 5.69 Å². The molecule has 1 fully saturated rings. The monoisotopic (exact) mass is 358 g/mol. The number of benzene rings is 1. The van der Waals surface area contributed by atoms with Gasteiger partial charge in [0, 0.05) is 18.5 Å². The molecule has 8 heteroatoms. The van der Waals surface area contributed by atoms with E-state index in [1.54, 1.807) is 24.5 Å². The second kappa shape index (κ2) is 6.42. The molecule has 2 N–H and O–H groups in total. The number of nitrogens with zero attached hydrogens (tertiary/aromatic N) is 2. The Bertz CT molecular complexity index is 881. The lowest BCUT2D eigenvalue weighted by atomic mass is 10.1. The second-order valence-corrected chi connectivity index (χ2v) is 6.49. The predicted molar refractivity (Wildman–Crippen MR) is 95.0 cm³/mol. The van der Waals surface area contributed by atoms with Gasteiger partial charge in [0.15, 0.2) is 4.32 Å². The molecule has 1 amide bonds. The quantitative estimate of drug-likeness (QED) is 0.644. The van der Waals surface area contributed by atoms with Gasteiger partial charge in [0.1, 0.15) is 11.3 Å². The Balaban J connectivity index is 1.94. The molecule has 2 heterocycles. The number of rotatable bonds is 3. The number of pyridine rings is 1. The topological polar surface area (TPSA) is 90.7 Å². The van der Waals surface area contributed by atoms with E-state index < -0.39 is 11.7 Å². The smallest absolute Gasteiger partial charge is 0.339 e. The number of anilines is 1. The van der Waals surface area contributed by atoms with E-state index in [1.165, 1.54) is 23.1 Å². The molecule has 0 radical (unpaired) electrons. The highest BCUT2D eigenvalue weighted by molar-refractivity contribution is 8.27. The van der Waals surface area contributed by atoms with Crippen LogP contribution in [0.3, 0.4) is 0 Å². The molecule has 0 spiro atoms. The van der Waals surface area contributed by atoms with Gasteiger partial charge in [-0.2, -0.15) is 0 Å². The first-order chi connectivity index (χ1) is 11.5. The molecule has 1 aliphatic rings. The molecule has 0 aliphatic carbocycles. The zero-order valence-electron chi connectivity index (χ0n) is 12.0. The van der Waals surface area contributed by atoms with Crippen molar-refractivity contribution in [1.82, 2.24) is 4.98 Å². The molecule has 120 valence electrons. The Kier molecular flexibility index (Phi) is 4.32. The molecule has 0 saturated carbocycles. The van der Waals surface area contributed by atoms with Crippen LogP contribution in [0, 0.1) is 0 Å². The number of hydrogen-bond donors (Lipinski definition) is 2. The normalized spacial score (nSPS) is 16.0. The summed E-state index contributed by atoms with van der Waals surface area (Å²) in [5.41, 5.74) is 0.840. The molecule has 0 atom stereocenters. The second-order valence-electron chi connectivity index (χ2n) is 4.81. The fraction of sp³-hybridized carbons (Fsp3) is 0. The van der Waals surface area contributed by atoms with E-state index >= 15 is 0 Å². The van der Waals surface area contributed by atoms with Gasteiger partial charge < -0.3 is 10.2 Å². The Morgan fingerprint density at radius 2 is 2.12 bits per heavy atom. The number of carboxylic acids is 1. The number of carboxylic acid groups (broad SMARTS) is 1. The van der Waals surface area contributed by atoms with Gasteiger partial charge >= 0.3 is 5.97 Å². The minimum atomic E-state index is -1.25. The zero-order chi connectivity index (χ0) is 17.3. The van der Waals surface area contributed by atoms with E-state index in [-0.39, 0.29) is 11.5 Å². The van der Waals surface area contributed by atoms with Gasteiger partial charge in [-0.3, -0.25) is 14.7 Å². The van der Waals surface area contributed by atoms with Crippen LogP contribution in [0.15, 0.2) is 47.6 Å². The summed E-state index contributed by atoms with van der Waals surface area (Å²) in [7, 11) is 0. The minimum Gasteiger partial charge on any atom is -0.507 e. The standard InChI is InChI=1S/C16H10N2O4S2/c19-12-7-10(3-4-11(12)15(21)22)18-14(20)13(24-16(18)23)6-9-2-1-5-17-8-9/h1-8,19H,(H,21,22)/b13-6-. The Hall–Kier alpha value is -2.71. The summed E-state index contributed by atoms with van der Waals surface area (Å²) < 4.78 is 0.303. The summed E-state index contributed by atoms with van der Waals surface area (Å²) in [4.78, 5) is 29.2. The zero-order valence-corrected chi connectivity index (χ0v) is 13.7. The molecule has 1 aliphatic heterocycles. The van der Waals surface area contributed by atoms with Gasteiger partial charge in [0.25, 0.3) is 5.91 Å². The van der Waals surface area contributed by atoms with Gasteiger partial charge in [0.2, 0.25) is 0 Å². The number of aromatic hydroxyl groups is 1. The maximum atomic E-state index is 12.6. The molecule has 6 nitrogen and oxygen atoms in total. The molecule has 1 saturated heterocycles. The van der Waals surface area contributed by atoms with Crippen molar-refractivity contribution in [2.24, 2.45) is 0 Å². The fourth-order valence-electron chi connectivity index (χ4n) is 2.14. The molecular weight excluding hydrogens is 348 g/mol. The maximum Gasteiger partial charge on any atom is 0.339 e. The van der Waals surface area contributed by atoms with Crippen molar-refractivity contribution in [1.29, 1.82) is 0 Å². The van der Waals surface area contributed by atoms with E-state index in [2.05, 4.69) is 4.98 Å². The van der Waals surface area contributed by atoms with Crippen LogP contribution in [0.1, 0.15) is 15.9 Å². The largest absolute Gasteiger partial charge is 0.507 e. The van der Waals surface area contributed by atoms with Gasteiger partial charge in [-0.05, 0) is 29.8 Å². The van der Waals surface area contributed by atoms with E-state index in [0.717, 1.165) is 17.3 Å². The van der Waals surface area contributed by atoms with E-state index in [1.807, 2.05) is 6.07 Å². The van der Waals surface area contributed by atoms with Crippen LogP contribution < -0.4 is 4.90 Å². The number of amides is 1. The highest BCUT2D eigenvalue weighted by Crippen LogP contribution is 2.37. The van der Waals surface area contributed by atoms with Crippen LogP contribution in [0.25, 0.3) is 6.08 Å². The fourth-order valence-corrected chi connectivity index (χ4v) is 3.44. The van der Waals surface area contributed by atoms with Crippen molar-refractivity contribution in [3.05, 3.63) is 58.8 Å². The molecule has 3 rings (SSSR count). The highest BCUT2D eigenvalue weighted by atomic mass is 32.2. The number of thioether (sulfide) groups is 1. The molecule has 1 aromatic heterocycles. The first kappa shape index (κ1) is 16.2. The molecular formula is C16H10N2O4S2. The lowest BCUT2D eigenvalue weighted by Gasteiger charge is -2.15.